The van der Waals surface area contributed by atoms with Crippen molar-refractivity contribution in [3.8, 4) is 0 Å². The van der Waals surface area contributed by atoms with E-state index in [2.05, 4.69) is 51.0 Å². The van der Waals surface area contributed by atoms with Crippen molar-refractivity contribution in [2.45, 2.75) is 19.9 Å². The summed E-state index contributed by atoms with van der Waals surface area (Å²) in [5.74, 6) is -0.192. The van der Waals surface area contributed by atoms with Crippen LogP contribution in [0.1, 0.15) is 27.0 Å². The van der Waals surface area contributed by atoms with Crippen LogP contribution in [0.3, 0.4) is 0 Å². The van der Waals surface area contributed by atoms with Crippen LogP contribution in [0.25, 0.3) is 10.9 Å². The van der Waals surface area contributed by atoms with E-state index < -0.39 is 0 Å². The molecule has 162 valence electrons. The highest BCUT2D eigenvalue weighted by Gasteiger charge is 2.07. The van der Waals surface area contributed by atoms with Gasteiger partial charge < -0.3 is 20.9 Å². The number of aryl methyl sites for hydroxylation is 1. The summed E-state index contributed by atoms with van der Waals surface area (Å²) in [4.78, 5) is 31.5. The molecule has 0 aliphatic heterocycles. The van der Waals surface area contributed by atoms with E-state index >= 15 is 0 Å². The zero-order chi connectivity index (χ0) is 22.3. The Bertz CT molecular complexity index is 1220. The van der Waals surface area contributed by atoms with Gasteiger partial charge >= 0.3 is 6.03 Å². The summed E-state index contributed by atoms with van der Waals surface area (Å²) in [6.45, 7) is 3.02. The summed E-state index contributed by atoms with van der Waals surface area (Å²) in [5.41, 5.74) is 5.69. The van der Waals surface area contributed by atoms with Gasteiger partial charge in [0, 0.05) is 53.8 Å². The first-order valence-electron chi connectivity index (χ1n) is 10.5. The summed E-state index contributed by atoms with van der Waals surface area (Å²) in [6.07, 6.45) is 5.91. The highest BCUT2D eigenvalue weighted by Crippen LogP contribution is 2.19. The lowest BCUT2D eigenvalue weighted by molar-refractivity contribution is 0.102. The number of hydrogen-bond donors (Lipinski definition) is 4. The number of aromatic amines is 1. The number of aromatic nitrogens is 2. The molecule has 7 heteroatoms. The second-order valence-corrected chi connectivity index (χ2v) is 7.61. The maximum Gasteiger partial charge on any atom is 0.315 e. The molecule has 0 unspecified atom stereocenters. The van der Waals surface area contributed by atoms with Crippen molar-refractivity contribution in [3.63, 3.8) is 0 Å². The lowest BCUT2D eigenvalue weighted by Gasteiger charge is -2.09. The molecule has 2 heterocycles. The number of carbonyl (C=O) groups is 2. The van der Waals surface area contributed by atoms with E-state index in [0.717, 1.165) is 17.5 Å². The number of fused-ring (bicyclic) bond motifs is 1. The number of nitrogens with one attached hydrogen (secondary N) is 4. The number of H-pyrrole nitrogens is 1. The van der Waals surface area contributed by atoms with Crippen LogP contribution in [0.15, 0.2) is 73.2 Å². The van der Waals surface area contributed by atoms with Crippen molar-refractivity contribution < 1.29 is 9.59 Å². The first-order valence-corrected chi connectivity index (χ1v) is 10.5. The van der Waals surface area contributed by atoms with Gasteiger partial charge in [0.2, 0.25) is 0 Å². The number of amides is 3. The Kier molecular flexibility index (Phi) is 6.46. The summed E-state index contributed by atoms with van der Waals surface area (Å²) in [7, 11) is 0. The van der Waals surface area contributed by atoms with E-state index in [9.17, 15) is 9.59 Å². The Morgan fingerprint density at radius 3 is 2.53 bits per heavy atom. The topological polar surface area (TPSA) is 98.9 Å². The normalized spacial score (nSPS) is 10.7. The van der Waals surface area contributed by atoms with Crippen LogP contribution in [0.2, 0.25) is 0 Å². The molecule has 0 saturated heterocycles. The predicted octanol–water partition coefficient (Wildman–Crippen LogP) is 4.17. The van der Waals surface area contributed by atoms with E-state index in [4.69, 9.17) is 0 Å². The molecule has 7 nitrogen and oxygen atoms in total. The minimum Gasteiger partial charge on any atom is -0.361 e. The molecule has 32 heavy (non-hydrogen) atoms. The second kappa shape index (κ2) is 9.78. The van der Waals surface area contributed by atoms with Crippen molar-refractivity contribution in [2.24, 2.45) is 0 Å². The van der Waals surface area contributed by atoms with E-state index in [1.807, 2.05) is 30.5 Å². The number of rotatable bonds is 7. The van der Waals surface area contributed by atoms with Crippen LogP contribution < -0.4 is 16.0 Å². The van der Waals surface area contributed by atoms with E-state index in [1.54, 1.807) is 24.5 Å². The molecule has 0 atom stereocenters. The van der Waals surface area contributed by atoms with Crippen molar-refractivity contribution in [2.75, 3.05) is 11.9 Å². The number of nitrogens with zero attached hydrogens (tertiary/aromatic N) is 1. The Morgan fingerprint density at radius 2 is 1.75 bits per heavy atom. The lowest BCUT2D eigenvalue weighted by atomic mass is 10.1. The Morgan fingerprint density at radius 1 is 0.969 bits per heavy atom. The third-order valence-corrected chi connectivity index (χ3v) is 5.21. The standard InChI is InChI=1S/C25H25N5O2/c1-17-2-7-22-20(16-28-23(22)14-17)10-13-27-25(32)29-15-18-3-5-21(6-4-18)30-24(31)19-8-11-26-12-9-19/h2-9,11-12,14,16,28H,10,13,15H2,1H3,(H,30,31)(H2,27,29,32). The molecule has 0 fully saturated rings. The van der Waals surface area contributed by atoms with Gasteiger partial charge in [-0.05, 0) is 60.4 Å². The molecule has 0 bridgehead atoms. The maximum atomic E-state index is 12.2. The molecule has 3 amide bonds. The minimum atomic E-state index is -0.212. The average molecular weight is 428 g/mol. The first-order chi connectivity index (χ1) is 15.6. The predicted molar refractivity (Wildman–Crippen MR) is 126 cm³/mol. The lowest BCUT2D eigenvalue weighted by Crippen LogP contribution is -2.36. The molecular formula is C25H25N5O2. The van der Waals surface area contributed by atoms with Gasteiger partial charge in [-0.3, -0.25) is 9.78 Å². The Hall–Kier alpha value is -4.13. The summed E-state index contributed by atoms with van der Waals surface area (Å²) in [6, 6.07) is 16.8. The van der Waals surface area contributed by atoms with Gasteiger partial charge in [0.15, 0.2) is 0 Å². The highest BCUT2D eigenvalue weighted by molar-refractivity contribution is 6.04. The third-order valence-electron chi connectivity index (χ3n) is 5.21. The summed E-state index contributed by atoms with van der Waals surface area (Å²) >= 11 is 0. The Balaban J connectivity index is 1.21. The number of hydrogen-bond acceptors (Lipinski definition) is 3. The van der Waals surface area contributed by atoms with Gasteiger partial charge in [0.25, 0.3) is 5.91 Å². The SMILES string of the molecule is Cc1ccc2c(CCNC(=O)NCc3ccc(NC(=O)c4ccncc4)cc3)c[nH]c2c1. The van der Waals surface area contributed by atoms with Gasteiger partial charge in [-0.1, -0.05) is 24.3 Å². The van der Waals surface area contributed by atoms with Gasteiger partial charge in [0.1, 0.15) is 0 Å². The third kappa shape index (κ3) is 5.31. The van der Waals surface area contributed by atoms with Crippen LogP contribution in [-0.2, 0) is 13.0 Å². The number of pyridine rings is 1. The number of benzene rings is 2. The van der Waals surface area contributed by atoms with E-state index in [-0.39, 0.29) is 11.9 Å². The van der Waals surface area contributed by atoms with Crippen molar-refractivity contribution in [1.29, 1.82) is 0 Å². The smallest absolute Gasteiger partial charge is 0.315 e. The van der Waals surface area contributed by atoms with Crippen molar-refractivity contribution >= 4 is 28.5 Å². The molecule has 0 aliphatic rings. The summed E-state index contributed by atoms with van der Waals surface area (Å²) < 4.78 is 0. The molecule has 4 aromatic rings. The summed E-state index contributed by atoms with van der Waals surface area (Å²) in [5, 5.41) is 9.78. The second-order valence-electron chi connectivity index (χ2n) is 7.61. The number of anilines is 1. The molecule has 2 aromatic heterocycles. The monoisotopic (exact) mass is 427 g/mol. The fourth-order valence-corrected chi connectivity index (χ4v) is 3.48. The first kappa shape index (κ1) is 21.1. The molecule has 4 N–H and O–H groups in total. The minimum absolute atomic E-state index is 0.192. The molecular weight excluding hydrogens is 402 g/mol. The molecule has 0 aliphatic carbocycles. The van der Waals surface area contributed by atoms with Crippen molar-refractivity contribution in [1.82, 2.24) is 20.6 Å². The highest BCUT2D eigenvalue weighted by atomic mass is 16.2. The van der Waals surface area contributed by atoms with Gasteiger partial charge in [-0.25, -0.2) is 4.79 Å². The zero-order valence-electron chi connectivity index (χ0n) is 17.8. The maximum absolute atomic E-state index is 12.2. The average Bonchev–Trinajstić information content (AvgIpc) is 3.21. The number of urea groups is 1. The molecule has 0 spiro atoms. The van der Waals surface area contributed by atoms with Gasteiger partial charge in [-0.15, -0.1) is 0 Å². The van der Waals surface area contributed by atoms with E-state index in [0.29, 0.717) is 24.3 Å². The fourth-order valence-electron chi connectivity index (χ4n) is 3.48. The van der Waals surface area contributed by atoms with Crippen molar-refractivity contribution in [3.05, 3.63) is 95.4 Å². The zero-order valence-corrected chi connectivity index (χ0v) is 17.8. The van der Waals surface area contributed by atoms with Crippen LogP contribution in [0, 0.1) is 6.92 Å². The quantitative estimate of drug-likeness (QED) is 0.356. The van der Waals surface area contributed by atoms with Crippen LogP contribution in [-0.4, -0.2) is 28.5 Å². The van der Waals surface area contributed by atoms with Gasteiger partial charge in [0.05, 0.1) is 0 Å². The molecule has 0 radical (unpaired) electrons. The fraction of sp³-hybridized carbons (Fsp3) is 0.160. The van der Waals surface area contributed by atoms with Crippen LogP contribution in [0.5, 0.6) is 0 Å². The Labute approximate surface area is 186 Å². The molecule has 0 saturated carbocycles. The van der Waals surface area contributed by atoms with E-state index in [1.165, 1.54) is 16.5 Å². The van der Waals surface area contributed by atoms with Crippen LogP contribution >= 0.6 is 0 Å². The molecule has 4 rings (SSSR count). The largest absolute Gasteiger partial charge is 0.361 e. The van der Waals surface area contributed by atoms with Crippen LogP contribution in [0.4, 0.5) is 10.5 Å². The molecule has 2 aromatic carbocycles. The number of carbonyl (C=O) groups excluding carboxylic acids is 2. The van der Waals surface area contributed by atoms with Gasteiger partial charge in [-0.2, -0.15) is 0 Å².